The summed E-state index contributed by atoms with van der Waals surface area (Å²) in [6.07, 6.45) is 5.61. The van der Waals surface area contributed by atoms with Crippen LogP contribution in [0.5, 0.6) is 0 Å². The molecule has 78 valence electrons. The smallest absolute Gasteiger partial charge is 0.145 e. The van der Waals surface area contributed by atoms with Crippen molar-refractivity contribution in [2.24, 2.45) is 0 Å². The van der Waals surface area contributed by atoms with Crippen LogP contribution in [0.25, 0.3) is 16.9 Å². The first-order valence-corrected chi connectivity index (χ1v) is 5.20. The molecule has 0 radical (unpaired) electrons. The Labute approximate surface area is 93.4 Å². The van der Waals surface area contributed by atoms with E-state index in [1.165, 1.54) is 0 Å². The SMILES string of the molecule is Cc1cccnc1-n1ccc2cccnc21. The molecule has 0 aliphatic carbocycles. The highest BCUT2D eigenvalue weighted by Crippen LogP contribution is 2.18. The fourth-order valence-corrected chi connectivity index (χ4v) is 1.87. The summed E-state index contributed by atoms with van der Waals surface area (Å²) in [6, 6.07) is 10.0. The number of aryl methyl sites for hydroxylation is 1. The van der Waals surface area contributed by atoms with Gasteiger partial charge in [0.05, 0.1) is 0 Å². The average Bonchev–Trinajstić information content (AvgIpc) is 2.74. The molecule has 3 nitrogen and oxygen atoms in total. The van der Waals surface area contributed by atoms with Crippen LogP contribution in [-0.2, 0) is 0 Å². The van der Waals surface area contributed by atoms with E-state index in [0.29, 0.717) is 0 Å². The van der Waals surface area contributed by atoms with Crippen molar-refractivity contribution in [1.82, 2.24) is 14.5 Å². The first-order valence-electron chi connectivity index (χ1n) is 5.20. The van der Waals surface area contributed by atoms with E-state index in [1.54, 1.807) is 12.4 Å². The molecule has 3 heteroatoms. The van der Waals surface area contributed by atoms with E-state index in [9.17, 15) is 0 Å². The number of hydrogen-bond donors (Lipinski definition) is 0. The van der Waals surface area contributed by atoms with Gasteiger partial charge in [-0.15, -0.1) is 0 Å². The average molecular weight is 209 g/mol. The molecule has 0 saturated carbocycles. The third kappa shape index (κ3) is 1.29. The van der Waals surface area contributed by atoms with Crippen molar-refractivity contribution in [2.45, 2.75) is 6.92 Å². The van der Waals surface area contributed by atoms with Gasteiger partial charge in [0, 0.05) is 24.0 Å². The highest BCUT2D eigenvalue weighted by Gasteiger charge is 2.06. The molecule has 16 heavy (non-hydrogen) atoms. The fourth-order valence-electron chi connectivity index (χ4n) is 1.87. The van der Waals surface area contributed by atoms with Crippen LogP contribution in [0.1, 0.15) is 5.56 Å². The third-order valence-corrected chi connectivity index (χ3v) is 2.66. The maximum absolute atomic E-state index is 4.39. The van der Waals surface area contributed by atoms with Gasteiger partial charge in [0.25, 0.3) is 0 Å². The third-order valence-electron chi connectivity index (χ3n) is 2.66. The van der Waals surface area contributed by atoms with Crippen molar-refractivity contribution < 1.29 is 0 Å². The molecule has 3 aromatic heterocycles. The molecule has 0 N–H and O–H groups in total. The van der Waals surface area contributed by atoms with E-state index in [1.807, 2.05) is 22.9 Å². The lowest BCUT2D eigenvalue weighted by atomic mass is 10.3. The Morgan fingerprint density at radius 3 is 2.69 bits per heavy atom. The summed E-state index contributed by atoms with van der Waals surface area (Å²) in [5.41, 5.74) is 2.09. The van der Waals surface area contributed by atoms with Gasteiger partial charge in [-0.1, -0.05) is 6.07 Å². The van der Waals surface area contributed by atoms with Crippen LogP contribution < -0.4 is 0 Å². The molecule has 3 heterocycles. The molecule has 3 aromatic rings. The van der Waals surface area contributed by atoms with Crippen LogP contribution in [0, 0.1) is 6.92 Å². The molecule has 0 spiro atoms. The zero-order valence-corrected chi connectivity index (χ0v) is 8.96. The van der Waals surface area contributed by atoms with Crippen LogP contribution in [0.15, 0.2) is 48.9 Å². The monoisotopic (exact) mass is 209 g/mol. The number of aromatic nitrogens is 3. The Morgan fingerprint density at radius 2 is 1.81 bits per heavy atom. The molecule has 0 bridgehead atoms. The maximum Gasteiger partial charge on any atom is 0.145 e. The Hall–Kier alpha value is -2.16. The van der Waals surface area contributed by atoms with Gasteiger partial charge in [-0.25, -0.2) is 9.97 Å². The Morgan fingerprint density at radius 1 is 1.00 bits per heavy atom. The molecule has 0 unspecified atom stereocenters. The quantitative estimate of drug-likeness (QED) is 0.617. The molecule has 0 saturated heterocycles. The Kier molecular flexibility index (Phi) is 1.96. The summed E-state index contributed by atoms with van der Waals surface area (Å²) in [4.78, 5) is 8.78. The molecule has 3 rings (SSSR count). The van der Waals surface area contributed by atoms with Crippen LogP contribution in [0.2, 0.25) is 0 Å². The van der Waals surface area contributed by atoms with Crippen molar-refractivity contribution in [1.29, 1.82) is 0 Å². The normalized spacial score (nSPS) is 10.8. The van der Waals surface area contributed by atoms with Crippen LogP contribution >= 0.6 is 0 Å². The second kappa shape index (κ2) is 3.45. The molecule has 0 aliphatic heterocycles. The number of rotatable bonds is 1. The van der Waals surface area contributed by atoms with Crippen LogP contribution in [0.3, 0.4) is 0 Å². The van der Waals surface area contributed by atoms with E-state index in [2.05, 4.69) is 35.1 Å². The van der Waals surface area contributed by atoms with E-state index in [0.717, 1.165) is 22.4 Å². The second-order valence-electron chi connectivity index (χ2n) is 3.75. The zero-order valence-electron chi connectivity index (χ0n) is 8.96. The van der Waals surface area contributed by atoms with Gasteiger partial charge in [0.2, 0.25) is 0 Å². The second-order valence-corrected chi connectivity index (χ2v) is 3.75. The minimum absolute atomic E-state index is 0.941. The predicted octanol–water partition coefficient (Wildman–Crippen LogP) is 2.73. The number of nitrogens with zero attached hydrogens (tertiary/aromatic N) is 3. The summed E-state index contributed by atoms with van der Waals surface area (Å²) in [7, 11) is 0. The minimum atomic E-state index is 0.941. The van der Waals surface area contributed by atoms with E-state index < -0.39 is 0 Å². The largest absolute Gasteiger partial charge is 0.285 e. The topological polar surface area (TPSA) is 30.7 Å². The van der Waals surface area contributed by atoms with Crippen molar-refractivity contribution in [3.63, 3.8) is 0 Å². The van der Waals surface area contributed by atoms with Gasteiger partial charge in [0.15, 0.2) is 0 Å². The molecule has 0 amide bonds. The standard InChI is InChI=1S/C13H11N3/c1-10-4-2-7-14-12(10)16-9-6-11-5-3-8-15-13(11)16/h2-9H,1H3. The van der Waals surface area contributed by atoms with Gasteiger partial charge in [-0.2, -0.15) is 0 Å². The summed E-state index contributed by atoms with van der Waals surface area (Å²) < 4.78 is 2.02. The van der Waals surface area contributed by atoms with Crippen LogP contribution in [0.4, 0.5) is 0 Å². The first kappa shape index (κ1) is 9.09. The summed E-state index contributed by atoms with van der Waals surface area (Å²) in [6.45, 7) is 2.05. The fraction of sp³-hybridized carbons (Fsp3) is 0.0769. The van der Waals surface area contributed by atoms with E-state index >= 15 is 0 Å². The van der Waals surface area contributed by atoms with E-state index in [-0.39, 0.29) is 0 Å². The number of hydrogen-bond acceptors (Lipinski definition) is 2. The van der Waals surface area contributed by atoms with Gasteiger partial charge in [-0.05, 0) is 36.8 Å². The van der Waals surface area contributed by atoms with Crippen molar-refractivity contribution >= 4 is 11.0 Å². The van der Waals surface area contributed by atoms with Gasteiger partial charge < -0.3 is 0 Å². The lowest BCUT2D eigenvalue weighted by Crippen LogP contribution is -1.99. The van der Waals surface area contributed by atoms with Crippen molar-refractivity contribution in [3.8, 4) is 5.82 Å². The zero-order chi connectivity index (χ0) is 11.0. The highest BCUT2D eigenvalue weighted by molar-refractivity contribution is 5.77. The summed E-state index contributed by atoms with van der Waals surface area (Å²) in [5.74, 6) is 0.941. The van der Waals surface area contributed by atoms with Gasteiger partial charge in [-0.3, -0.25) is 4.57 Å². The number of pyridine rings is 2. The highest BCUT2D eigenvalue weighted by atomic mass is 15.1. The Bertz CT molecular complexity index is 640. The molecule has 0 aromatic carbocycles. The lowest BCUT2D eigenvalue weighted by molar-refractivity contribution is 1.00. The van der Waals surface area contributed by atoms with Crippen molar-refractivity contribution in [2.75, 3.05) is 0 Å². The lowest BCUT2D eigenvalue weighted by Gasteiger charge is -2.06. The molecular formula is C13H11N3. The number of fused-ring (bicyclic) bond motifs is 1. The predicted molar refractivity (Wildman–Crippen MR) is 63.6 cm³/mol. The van der Waals surface area contributed by atoms with Crippen LogP contribution in [-0.4, -0.2) is 14.5 Å². The molecule has 0 fully saturated rings. The molecule has 0 atom stereocenters. The van der Waals surface area contributed by atoms with Crippen molar-refractivity contribution in [3.05, 3.63) is 54.5 Å². The maximum atomic E-state index is 4.39. The summed E-state index contributed by atoms with van der Waals surface area (Å²) in [5, 5.41) is 1.13. The Balaban J connectivity index is 2.31. The molecule has 0 aliphatic rings. The summed E-state index contributed by atoms with van der Waals surface area (Å²) >= 11 is 0. The van der Waals surface area contributed by atoms with E-state index in [4.69, 9.17) is 0 Å². The first-order chi connectivity index (χ1) is 7.86. The van der Waals surface area contributed by atoms with Gasteiger partial charge >= 0.3 is 0 Å². The minimum Gasteiger partial charge on any atom is -0.285 e. The van der Waals surface area contributed by atoms with Gasteiger partial charge in [0.1, 0.15) is 11.5 Å². The molecular weight excluding hydrogens is 198 g/mol.